The number of hydrogen-bond donors (Lipinski definition) is 0. The Kier molecular flexibility index (Phi) is 5.18. The lowest BCUT2D eigenvalue weighted by Gasteiger charge is -2.33. The van der Waals surface area contributed by atoms with Crippen LogP contribution in [-0.4, -0.2) is 39.5 Å². The molecular formula is C16H22ClN5O2. The molecule has 0 aromatic carbocycles. The lowest BCUT2D eigenvalue weighted by Crippen LogP contribution is -2.39. The Labute approximate surface area is 146 Å². The van der Waals surface area contributed by atoms with Crippen molar-refractivity contribution in [2.45, 2.75) is 45.6 Å². The normalized spacial score (nSPS) is 17.3. The summed E-state index contributed by atoms with van der Waals surface area (Å²) < 4.78 is 11.3. The van der Waals surface area contributed by atoms with Gasteiger partial charge in [-0.3, -0.25) is 0 Å². The largest absolute Gasteiger partial charge is 0.473 e. The van der Waals surface area contributed by atoms with Crippen LogP contribution in [0.2, 0.25) is 5.15 Å². The van der Waals surface area contributed by atoms with Crippen LogP contribution in [0.15, 0.2) is 16.7 Å². The SMILES string of the molecule is CC(C)c1noc(N2CCC(C(C)Oc3ccc(Cl)nn3)CC2)n1. The molecule has 1 unspecified atom stereocenters. The number of halogens is 1. The summed E-state index contributed by atoms with van der Waals surface area (Å²) in [6.07, 6.45) is 2.07. The number of ether oxygens (including phenoxy) is 1. The standard InChI is InChI=1S/C16H22ClN5O2/c1-10(2)15-18-16(24-21-15)22-8-6-12(7-9-22)11(3)23-14-5-4-13(17)19-20-14/h4-5,10-12H,6-9H2,1-3H3. The van der Waals surface area contributed by atoms with Gasteiger partial charge in [-0.05, 0) is 31.7 Å². The van der Waals surface area contributed by atoms with Gasteiger partial charge in [0, 0.05) is 25.1 Å². The van der Waals surface area contributed by atoms with Gasteiger partial charge in [-0.15, -0.1) is 10.2 Å². The smallest absolute Gasteiger partial charge is 0.324 e. The highest BCUT2D eigenvalue weighted by Gasteiger charge is 2.28. The molecule has 2 aromatic rings. The highest BCUT2D eigenvalue weighted by Crippen LogP contribution is 2.27. The van der Waals surface area contributed by atoms with Crippen LogP contribution in [0.3, 0.4) is 0 Å². The fourth-order valence-electron chi connectivity index (χ4n) is 2.80. The highest BCUT2D eigenvalue weighted by molar-refractivity contribution is 6.29. The van der Waals surface area contributed by atoms with Gasteiger partial charge in [-0.2, -0.15) is 4.98 Å². The van der Waals surface area contributed by atoms with Gasteiger partial charge in [0.2, 0.25) is 5.88 Å². The molecule has 0 amide bonds. The summed E-state index contributed by atoms with van der Waals surface area (Å²) in [4.78, 5) is 6.61. The second-order valence-corrected chi connectivity index (χ2v) is 6.82. The zero-order chi connectivity index (χ0) is 17.1. The third kappa shape index (κ3) is 3.95. The van der Waals surface area contributed by atoms with E-state index in [1.807, 2.05) is 0 Å². The minimum atomic E-state index is 0.0662. The van der Waals surface area contributed by atoms with Crippen LogP contribution < -0.4 is 9.64 Å². The zero-order valence-corrected chi connectivity index (χ0v) is 14.9. The Morgan fingerprint density at radius 1 is 1.21 bits per heavy atom. The Balaban J connectivity index is 1.53. The van der Waals surface area contributed by atoms with Crippen LogP contribution in [0, 0.1) is 5.92 Å². The van der Waals surface area contributed by atoms with E-state index in [0.29, 0.717) is 23.0 Å². The number of rotatable bonds is 5. The van der Waals surface area contributed by atoms with Crippen LogP contribution in [0.5, 0.6) is 5.88 Å². The zero-order valence-electron chi connectivity index (χ0n) is 14.1. The summed E-state index contributed by atoms with van der Waals surface area (Å²) in [7, 11) is 0. The average Bonchev–Trinajstić information content (AvgIpc) is 3.07. The third-order valence-electron chi connectivity index (χ3n) is 4.34. The summed E-state index contributed by atoms with van der Waals surface area (Å²) in [5.74, 6) is 1.98. The maximum absolute atomic E-state index is 5.88. The first-order chi connectivity index (χ1) is 11.5. The molecule has 0 bridgehead atoms. The summed E-state index contributed by atoms with van der Waals surface area (Å²) in [5.41, 5.74) is 0. The van der Waals surface area contributed by atoms with Crippen molar-refractivity contribution >= 4 is 17.6 Å². The molecule has 3 heterocycles. The molecule has 1 fully saturated rings. The van der Waals surface area contributed by atoms with E-state index in [2.05, 4.69) is 46.0 Å². The number of anilines is 1. The topological polar surface area (TPSA) is 77.2 Å². The Hall–Kier alpha value is -1.89. The van der Waals surface area contributed by atoms with Gasteiger partial charge in [0.25, 0.3) is 0 Å². The molecule has 1 saturated heterocycles. The van der Waals surface area contributed by atoms with Gasteiger partial charge in [-0.25, -0.2) is 0 Å². The third-order valence-corrected chi connectivity index (χ3v) is 4.54. The van der Waals surface area contributed by atoms with Crippen molar-refractivity contribution in [3.63, 3.8) is 0 Å². The molecule has 8 heteroatoms. The molecule has 1 aliphatic heterocycles. The van der Waals surface area contributed by atoms with Crippen molar-refractivity contribution in [1.29, 1.82) is 0 Å². The molecule has 1 aliphatic rings. The van der Waals surface area contributed by atoms with Crippen LogP contribution in [0.25, 0.3) is 0 Å². The lowest BCUT2D eigenvalue weighted by molar-refractivity contribution is 0.125. The number of piperidine rings is 1. The van der Waals surface area contributed by atoms with E-state index in [1.165, 1.54) is 0 Å². The molecule has 2 aromatic heterocycles. The molecule has 7 nitrogen and oxygen atoms in total. The van der Waals surface area contributed by atoms with Crippen molar-refractivity contribution in [3.05, 3.63) is 23.1 Å². The Morgan fingerprint density at radius 3 is 2.54 bits per heavy atom. The number of hydrogen-bond acceptors (Lipinski definition) is 7. The molecule has 0 radical (unpaired) electrons. The maximum Gasteiger partial charge on any atom is 0.324 e. The predicted molar refractivity (Wildman–Crippen MR) is 90.5 cm³/mol. The van der Waals surface area contributed by atoms with Gasteiger partial charge in [0.1, 0.15) is 6.10 Å². The molecule has 0 saturated carbocycles. The molecule has 1 atom stereocenters. The maximum atomic E-state index is 5.88. The fourth-order valence-corrected chi connectivity index (χ4v) is 2.90. The quantitative estimate of drug-likeness (QED) is 0.817. The van der Waals surface area contributed by atoms with E-state index in [1.54, 1.807) is 12.1 Å². The first-order valence-electron chi connectivity index (χ1n) is 8.27. The molecule has 0 aliphatic carbocycles. The summed E-state index contributed by atoms with van der Waals surface area (Å²) in [6.45, 7) is 7.94. The minimum Gasteiger partial charge on any atom is -0.473 e. The van der Waals surface area contributed by atoms with Gasteiger partial charge in [0.05, 0.1) is 0 Å². The van der Waals surface area contributed by atoms with E-state index >= 15 is 0 Å². The monoisotopic (exact) mass is 351 g/mol. The molecule has 24 heavy (non-hydrogen) atoms. The van der Waals surface area contributed by atoms with Crippen molar-refractivity contribution < 1.29 is 9.26 Å². The highest BCUT2D eigenvalue weighted by atomic mass is 35.5. The van der Waals surface area contributed by atoms with Crippen molar-refractivity contribution in [3.8, 4) is 5.88 Å². The van der Waals surface area contributed by atoms with Crippen LogP contribution in [0.1, 0.15) is 45.4 Å². The van der Waals surface area contributed by atoms with Crippen LogP contribution in [-0.2, 0) is 0 Å². The molecule has 130 valence electrons. The van der Waals surface area contributed by atoms with Gasteiger partial charge in [0.15, 0.2) is 11.0 Å². The number of aromatic nitrogens is 4. The molecule has 3 rings (SSSR count). The molecular weight excluding hydrogens is 330 g/mol. The van der Waals surface area contributed by atoms with Crippen LogP contribution in [0.4, 0.5) is 6.01 Å². The van der Waals surface area contributed by atoms with E-state index in [0.717, 1.165) is 31.8 Å². The summed E-state index contributed by atoms with van der Waals surface area (Å²) in [5, 5.41) is 12.1. The molecule has 0 spiro atoms. The Morgan fingerprint density at radius 2 is 1.96 bits per heavy atom. The first kappa shape index (κ1) is 17.0. The Bertz CT molecular complexity index is 653. The van der Waals surface area contributed by atoms with Crippen molar-refractivity contribution in [2.24, 2.45) is 5.92 Å². The summed E-state index contributed by atoms with van der Waals surface area (Å²) in [6, 6.07) is 4.04. The van der Waals surface area contributed by atoms with Gasteiger partial charge in [-0.1, -0.05) is 30.6 Å². The van der Waals surface area contributed by atoms with E-state index in [4.69, 9.17) is 20.9 Å². The first-order valence-corrected chi connectivity index (χ1v) is 8.65. The van der Waals surface area contributed by atoms with Gasteiger partial charge < -0.3 is 14.2 Å². The van der Waals surface area contributed by atoms with Crippen molar-refractivity contribution in [2.75, 3.05) is 18.0 Å². The van der Waals surface area contributed by atoms with Gasteiger partial charge >= 0.3 is 6.01 Å². The fraction of sp³-hybridized carbons (Fsp3) is 0.625. The second kappa shape index (κ2) is 7.34. The average molecular weight is 352 g/mol. The number of nitrogens with zero attached hydrogens (tertiary/aromatic N) is 5. The lowest BCUT2D eigenvalue weighted by atomic mass is 9.92. The summed E-state index contributed by atoms with van der Waals surface area (Å²) >= 11 is 5.74. The second-order valence-electron chi connectivity index (χ2n) is 6.43. The predicted octanol–water partition coefficient (Wildman–Crippen LogP) is 3.32. The minimum absolute atomic E-state index is 0.0662. The molecule has 0 N–H and O–H groups in total. The van der Waals surface area contributed by atoms with E-state index in [9.17, 15) is 0 Å². The van der Waals surface area contributed by atoms with Crippen LogP contribution >= 0.6 is 11.6 Å². The van der Waals surface area contributed by atoms with E-state index in [-0.39, 0.29) is 12.0 Å². The van der Waals surface area contributed by atoms with E-state index < -0.39 is 0 Å². The van der Waals surface area contributed by atoms with Crippen molar-refractivity contribution in [1.82, 2.24) is 20.3 Å².